The summed E-state index contributed by atoms with van der Waals surface area (Å²) in [6.45, 7) is 5.05. The lowest BCUT2D eigenvalue weighted by atomic mass is 10.0. The molecule has 0 aliphatic carbocycles. The van der Waals surface area contributed by atoms with Gasteiger partial charge in [-0.1, -0.05) is 11.6 Å². The highest BCUT2D eigenvalue weighted by molar-refractivity contribution is 6.33. The molecule has 0 spiro atoms. The normalized spacial score (nSPS) is 16.9. The number of aromatic nitrogens is 4. The number of benzene rings is 1. The van der Waals surface area contributed by atoms with Gasteiger partial charge in [0, 0.05) is 38.0 Å². The summed E-state index contributed by atoms with van der Waals surface area (Å²) in [5.41, 5.74) is 6.26. The Morgan fingerprint density at radius 3 is 2.60 bits per heavy atom. The van der Waals surface area contributed by atoms with E-state index in [4.69, 9.17) is 26.8 Å². The van der Waals surface area contributed by atoms with Crippen molar-refractivity contribution in [2.75, 3.05) is 30.4 Å². The molecule has 1 saturated heterocycles. The average Bonchev–Trinajstić information content (AvgIpc) is 3.29. The second kappa shape index (κ2) is 11.3. The SMILES string of the molecule is COc1cc(-c2cn(CC(=O)Nc3cc(N4C[C@@H](C)O[C@@H](C)C4)ncc3Cl)c3ncn(C)c(=O)c23)cc(C(N)=O)c1O. The number of carbonyl (C=O) groups excluding carboxylic acids is 2. The van der Waals surface area contributed by atoms with Gasteiger partial charge in [0.1, 0.15) is 18.0 Å². The van der Waals surface area contributed by atoms with Gasteiger partial charge in [0.05, 0.1) is 53.5 Å². The molecular weight excluding hydrogens is 566 g/mol. The third kappa shape index (κ3) is 5.48. The molecule has 14 heteroatoms. The summed E-state index contributed by atoms with van der Waals surface area (Å²) in [6.07, 6.45) is 4.46. The number of aromatic hydroxyl groups is 1. The maximum atomic E-state index is 13.3. The lowest BCUT2D eigenvalue weighted by Crippen LogP contribution is -2.45. The van der Waals surface area contributed by atoms with Gasteiger partial charge in [0.2, 0.25) is 5.91 Å². The number of morpholine rings is 1. The second-order valence-electron chi connectivity index (χ2n) is 10.2. The van der Waals surface area contributed by atoms with Crippen LogP contribution >= 0.6 is 11.6 Å². The summed E-state index contributed by atoms with van der Waals surface area (Å²) in [7, 11) is 2.88. The van der Waals surface area contributed by atoms with E-state index < -0.39 is 17.6 Å². The summed E-state index contributed by atoms with van der Waals surface area (Å²) in [4.78, 5) is 49.4. The van der Waals surface area contributed by atoms with E-state index in [0.717, 1.165) is 0 Å². The molecule has 42 heavy (non-hydrogen) atoms. The van der Waals surface area contributed by atoms with Gasteiger partial charge in [-0.2, -0.15) is 0 Å². The molecule has 0 bridgehead atoms. The van der Waals surface area contributed by atoms with Crippen molar-refractivity contribution in [3.63, 3.8) is 0 Å². The number of methoxy groups -OCH3 is 1. The molecule has 1 fully saturated rings. The number of aryl methyl sites for hydroxylation is 1. The second-order valence-corrected chi connectivity index (χ2v) is 10.6. The summed E-state index contributed by atoms with van der Waals surface area (Å²) in [6, 6.07) is 4.54. The van der Waals surface area contributed by atoms with Crippen LogP contribution in [0.4, 0.5) is 11.5 Å². The third-order valence-electron chi connectivity index (χ3n) is 6.98. The highest BCUT2D eigenvalue weighted by Gasteiger charge is 2.25. The van der Waals surface area contributed by atoms with Gasteiger partial charge in [-0.05, 0) is 31.5 Å². The van der Waals surface area contributed by atoms with Gasteiger partial charge in [-0.3, -0.25) is 14.4 Å². The highest BCUT2D eigenvalue weighted by Crippen LogP contribution is 2.37. The zero-order valence-corrected chi connectivity index (χ0v) is 24.2. The van der Waals surface area contributed by atoms with Gasteiger partial charge in [0.15, 0.2) is 11.5 Å². The number of hydrogen-bond acceptors (Lipinski definition) is 9. The van der Waals surface area contributed by atoms with Gasteiger partial charge in [-0.15, -0.1) is 0 Å². The molecule has 1 aliphatic rings. The first kappa shape index (κ1) is 28.9. The van der Waals surface area contributed by atoms with E-state index in [1.807, 2.05) is 13.8 Å². The van der Waals surface area contributed by atoms with E-state index >= 15 is 0 Å². The zero-order valence-electron chi connectivity index (χ0n) is 23.4. The topological polar surface area (TPSA) is 167 Å². The number of halogens is 1. The van der Waals surface area contributed by atoms with Gasteiger partial charge in [-0.25, -0.2) is 9.97 Å². The van der Waals surface area contributed by atoms with Crippen LogP contribution < -0.4 is 26.2 Å². The number of primary amides is 1. The predicted molar refractivity (Wildman–Crippen MR) is 157 cm³/mol. The van der Waals surface area contributed by atoms with Crippen LogP contribution in [0.15, 0.2) is 41.7 Å². The number of hydrogen-bond donors (Lipinski definition) is 3. The van der Waals surface area contributed by atoms with Crippen LogP contribution in [-0.2, 0) is 23.1 Å². The molecule has 5 rings (SSSR count). The van der Waals surface area contributed by atoms with Crippen molar-refractivity contribution >= 4 is 46.0 Å². The smallest absolute Gasteiger partial charge is 0.263 e. The molecular formula is C28H30ClN7O6. The van der Waals surface area contributed by atoms with Crippen molar-refractivity contribution in [1.82, 2.24) is 19.1 Å². The number of nitrogens with zero attached hydrogens (tertiary/aromatic N) is 5. The molecule has 2 atom stereocenters. The molecule has 4 heterocycles. The number of anilines is 2. The molecule has 0 radical (unpaired) electrons. The standard InChI is InChI=1S/C28H30ClN7O6/c1-14-9-35(10-15(2)42-14)22-7-20(19(29)8-31-22)33-23(37)12-36-11-18(24-27(36)32-13-34(3)28(24)40)16-5-17(26(30)39)25(38)21(6-16)41-4/h5-8,11,13-15,38H,9-10,12H2,1-4H3,(H2,30,39)(H,31,33,37)/t14-,15+. The van der Waals surface area contributed by atoms with Gasteiger partial charge >= 0.3 is 0 Å². The van der Waals surface area contributed by atoms with Gasteiger partial charge in [0.25, 0.3) is 11.5 Å². The number of nitrogens with one attached hydrogen (secondary N) is 1. The minimum Gasteiger partial charge on any atom is -0.504 e. The Labute approximate surface area is 245 Å². The van der Waals surface area contributed by atoms with Crippen molar-refractivity contribution < 1.29 is 24.2 Å². The first-order chi connectivity index (χ1) is 20.0. The fourth-order valence-electron chi connectivity index (χ4n) is 5.12. The van der Waals surface area contributed by atoms with E-state index in [-0.39, 0.29) is 51.7 Å². The fraction of sp³-hybridized carbons (Fsp3) is 0.321. The molecule has 1 aromatic carbocycles. The highest BCUT2D eigenvalue weighted by atomic mass is 35.5. The van der Waals surface area contributed by atoms with Crippen molar-refractivity contribution in [1.29, 1.82) is 0 Å². The molecule has 2 amide bonds. The first-order valence-electron chi connectivity index (χ1n) is 13.1. The Morgan fingerprint density at radius 2 is 1.93 bits per heavy atom. The predicted octanol–water partition coefficient (Wildman–Crippen LogP) is 2.52. The molecule has 4 aromatic rings. The number of fused-ring (bicyclic) bond motifs is 1. The van der Waals surface area contributed by atoms with E-state index in [0.29, 0.717) is 35.7 Å². The van der Waals surface area contributed by atoms with Crippen molar-refractivity contribution in [3.8, 4) is 22.6 Å². The quantitative estimate of drug-likeness (QED) is 0.291. The number of nitrogens with two attached hydrogens (primary N) is 1. The van der Waals surface area contributed by atoms with Crippen LogP contribution in [0, 0.1) is 0 Å². The Bertz CT molecular complexity index is 1760. The van der Waals surface area contributed by atoms with E-state index in [2.05, 4.69) is 20.2 Å². The van der Waals surface area contributed by atoms with Crippen LogP contribution in [-0.4, -0.2) is 68.4 Å². The van der Waals surface area contributed by atoms with Crippen LogP contribution in [0.25, 0.3) is 22.2 Å². The Kier molecular flexibility index (Phi) is 7.80. The lowest BCUT2D eigenvalue weighted by molar-refractivity contribution is -0.116. The maximum Gasteiger partial charge on any atom is 0.263 e. The van der Waals surface area contributed by atoms with Crippen molar-refractivity contribution in [3.05, 3.63) is 57.9 Å². The number of carbonyl (C=O) groups is 2. The van der Waals surface area contributed by atoms with E-state index in [1.54, 1.807) is 19.3 Å². The van der Waals surface area contributed by atoms with Gasteiger partial charge < -0.3 is 39.7 Å². The Hall–Kier alpha value is -4.62. The minimum absolute atomic E-state index is 0.00662. The van der Waals surface area contributed by atoms with E-state index in [1.165, 1.54) is 40.9 Å². The largest absolute Gasteiger partial charge is 0.504 e. The minimum atomic E-state index is -0.878. The number of rotatable bonds is 7. The number of phenols is 1. The average molecular weight is 596 g/mol. The number of amides is 2. The maximum absolute atomic E-state index is 13.3. The van der Waals surface area contributed by atoms with E-state index in [9.17, 15) is 19.5 Å². The lowest BCUT2D eigenvalue weighted by Gasteiger charge is -2.36. The molecule has 0 saturated carbocycles. The van der Waals surface area contributed by atoms with Crippen LogP contribution in [0.5, 0.6) is 11.5 Å². The van der Waals surface area contributed by atoms with Crippen LogP contribution in [0.1, 0.15) is 24.2 Å². The molecule has 4 N–H and O–H groups in total. The first-order valence-corrected chi connectivity index (χ1v) is 13.5. The van der Waals surface area contributed by atoms with Crippen molar-refractivity contribution in [2.45, 2.75) is 32.6 Å². The van der Waals surface area contributed by atoms with Crippen LogP contribution in [0.2, 0.25) is 5.02 Å². The molecule has 13 nitrogen and oxygen atoms in total. The zero-order chi connectivity index (χ0) is 30.3. The number of pyridine rings is 1. The molecule has 0 unspecified atom stereocenters. The fourth-order valence-corrected chi connectivity index (χ4v) is 5.27. The summed E-state index contributed by atoms with van der Waals surface area (Å²) in [5.74, 6) is -1.08. The Balaban J connectivity index is 1.50. The summed E-state index contributed by atoms with van der Waals surface area (Å²) < 4.78 is 13.8. The number of ether oxygens (including phenoxy) is 2. The van der Waals surface area contributed by atoms with Crippen LogP contribution in [0.3, 0.4) is 0 Å². The molecule has 1 aliphatic heterocycles. The summed E-state index contributed by atoms with van der Waals surface area (Å²) >= 11 is 6.38. The monoisotopic (exact) mass is 595 g/mol. The molecule has 3 aromatic heterocycles. The van der Waals surface area contributed by atoms with Crippen molar-refractivity contribution in [2.24, 2.45) is 12.8 Å². The molecule has 220 valence electrons. The summed E-state index contributed by atoms with van der Waals surface area (Å²) in [5, 5.41) is 13.7. The Morgan fingerprint density at radius 1 is 1.21 bits per heavy atom. The third-order valence-corrected chi connectivity index (χ3v) is 7.28.